The zero-order valence-corrected chi connectivity index (χ0v) is 8.36. The molecule has 0 aliphatic rings. The van der Waals surface area contributed by atoms with Crippen molar-refractivity contribution < 1.29 is 14.3 Å². The van der Waals surface area contributed by atoms with Gasteiger partial charge in [0.25, 0.3) is 5.91 Å². The van der Waals surface area contributed by atoms with Crippen LogP contribution in [0.3, 0.4) is 0 Å². The number of ether oxygens (including phenoxy) is 1. The molecule has 0 saturated carbocycles. The lowest BCUT2D eigenvalue weighted by molar-refractivity contribution is 0.0931. The summed E-state index contributed by atoms with van der Waals surface area (Å²) in [5, 5.41) is 2.44. The first kappa shape index (κ1) is 11.8. The molecule has 0 aromatic carbocycles. The molecule has 1 aromatic heterocycles. The van der Waals surface area contributed by atoms with E-state index in [1.165, 1.54) is 18.2 Å². The molecular formula is C9H11N3O4. The first-order valence-electron chi connectivity index (χ1n) is 4.49. The number of nitrogens with one attached hydrogen (secondary N) is 2. The number of aromatic nitrogens is 1. The summed E-state index contributed by atoms with van der Waals surface area (Å²) >= 11 is 0. The smallest absolute Gasteiger partial charge is 0.404 e. The van der Waals surface area contributed by atoms with Gasteiger partial charge >= 0.3 is 6.09 Å². The van der Waals surface area contributed by atoms with Crippen LogP contribution in [-0.4, -0.2) is 30.1 Å². The Balaban J connectivity index is 2.41. The van der Waals surface area contributed by atoms with Gasteiger partial charge in [0.2, 0.25) is 5.56 Å². The van der Waals surface area contributed by atoms with Crippen LogP contribution in [-0.2, 0) is 4.74 Å². The maximum atomic E-state index is 11.4. The number of carbonyl (C=O) groups excluding carboxylic acids is 2. The number of primary amides is 1. The summed E-state index contributed by atoms with van der Waals surface area (Å²) in [6.45, 7) is 0.108. The summed E-state index contributed by atoms with van der Waals surface area (Å²) in [6.07, 6.45) is -0.901. The van der Waals surface area contributed by atoms with Crippen LogP contribution in [0.5, 0.6) is 0 Å². The molecule has 4 N–H and O–H groups in total. The van der Waals surface area contributed by atoms with E-state index in [0.717, 1.165) is 0 Å². The normalized spacial score (nSPS) is 9.50. The van der Waals surface area contributed by atoms with Crippen molar-refractivity contribution in [3.63, 3.8) is 0 Å². The van der Waals surface area contributed by atoms with E-state index in [2.05, 4.69) is 15.0 Å². The molecule has 0 aliphatic carbocycles. The zero-order valence-electron chi connectivity index (χ0n) is 8.36. The van der Waals surface area contributed by atoms with E-state index in [-0.39, 0.29) is 24.4 Å². The summed E-state index contributed by atoms with van der Waals surface area (Å²) < 4.78 is 4.40. The van der Waals surface area contributed by atoms with Crippen LogP contribution in [0.25, 0.3) is 0 Å². The van der Waals surface area contributed by atoms with Crippen LogP contribution in [0.15, 0.2) is 23.0 Å². The van der Waals surface area contributed by atoms with Gasteiger partial charge in [-0.3, -0.25) is 9.59 Å². The highest BCUT2D eigenvalue weighted by Crippen LogP contribution is 1.89. The van der Waals surface area contributed by atoms with Crippen LogP contribution in [0.2, 0.25) is 0 Å². The van der Waals surface area contributed by atoms with Gasteiger partial charge in [0, 0.05) is 6.07 Å². The minimum absolute atomic E-state index is 0.0157. The molecular weight excluding hydrogens is 214 g/mol. The van der Waals surface area contributed by atoms with Gasteiger partial charge in [0.15, 0.2) is 0 Å². The van der Waals surface area contributed by atoms with Crippen LogP contribution >= 0.6 is 0 Å². The molecule has 0 atom stereocenters. The maximum absolute atomic E-state index is 11.4. The number of nitrogens with two attached hydrogens (primary N) is 1. The van der Waals surface area contributed by atoms with E-state index < -0.39 is 12.0 Å². The molecule has 7 nitrogen and oxygen atoms in total. The second-order valence-corrected chi connectivity index (χ2v) is 2.85. The summed E-state index contributed by atoms with van der Waals surface area (Å²) in [5.74, 6) is -0.453. The summed E-state index contributed by atoms with van der Waals surface area (Å²) in [4.78, 5) is 34.8. The van der Waals surface area contributed by atoms with Gasteiger partial charge in [-0.05, 0) is 6.07 Å². The van der Waals surface area contributed by atoms with Crippen molar-refractivity contribution in [2.75, 3.05) is 13.2 Å². The number of amides is 2. The number of H-pyrrole nitrogens is 1. The molecule has 1 rings (SSSR count). The molecule has 7 heteroatoms. The van der Waals surface area contributed by atoms with E-state index in [0.29, 0.717) is 0 Å². The van der Waals surface area contributed by atoms with Gasteiger partial charge < -0.3 is 20.8 Å². The Morgan fingerprint density at radius 2 is 2.19 bits per heavy atom. The minimum atomic E-state index is -0.901. The summed E-state index contributed by atoms with van der Waals surface area (Å²) in [6, 6.07) is 4.23. The van der Waals surface area contributed by atoms with Crippen molar-refractivity contribution >= 4 is 12.0 Å². The first-order valence-corrected chi connectivity index (χ1v) is 4.49. The van der Waals surface area contributed by atoms with Crippen molar-refractivity contribution in [2.45, 2.75) is 0 Å². The highest BCUT2D eigenvalue weighted by molar-refractivity contribution is 5.92. The predicted octanol–water partition coefficient (Wildman–Crippen LogP) is -0.800. The number of carbonyl (C=O) groups is 2. The highest BCUT2D eigenvalue weighted by atomic mass is 16.5. The fourth-order valence-electron chi connectivity index (χ4n) is 0.992. The monoisotopic (exact) mass is 225 g/mol. The quantitative estimate of drug-likeness (QED) is 0.582. The standard InChI is InChI=1S/C9H11N3O4/c10-9(15)16-5-4-11-8(14)6-2-1-3-7(13)12-6/h1-3H,4-5H2,(H2,10,15)(H,11,14)(H,12,13). The van der Waals surface area contributed by atoms with Crippen molar-refractivity contribution in [3.8, 4) is 0 Å². The molecule has 1 aromatic rings. The zero-order chi connectivity index (χ0) is 12.0. The minimum Gasteiger partial charge on any atom is -0.448 e. The van der Waals surface area contributed by atoms with Crippen molar-refractivity contribution in [1.82, 2.24) is 10.3 Å². The third kappa shape index (κ3) is 3.82. The fraction of sp³-hybridized carbons (Fsp3) is 0.222. The largest absolute Gasteiger partial charge is 0.448 e. The Labute approximate surface area is 90.6 Å². The van der Waals surface area contributed by atoms with Crippen molar-refractivity contribution in [1.29, 1.82) is 0 Å². The SMILES string of the molecule is NC(=O)OCCNC(=O)c1cccc(=O)[nH]1. The van der Waals surface area contributed by atoms with E-state index >= 15 is 0 Å². The third-order valence-corrected chi connectivity index (χ3v) is 1.64. The van der Waals surface area contributed by atoms with Crippen molar-refractivity contribution in [2.24, 2.45) is 5.73 Å². The van der Waals surface area contributed by atoms with Gasteiger partial charge in [0.1, 0.15) is 12.3 Å². The molecule has 16 heavy (non-hydrogen) atoms. The second kappa shape index (κ2) is 5.54. The lowest BCUT2D eigenvalue weighted by Crippen LogP contribution is -2.30. The number of aromatic amines is 1. The highest BCUT2D eigenvalue weighted by Gasteiger charge is 2.04. The van der Waals surface area contributed by atoms with Crippen LogP contribution in [0, 0.1) is 0 Å². The number of hydrogen-bond acceptors (Lipinski definition) is 4. The molecule has 86 valence electrons. The lowest BCUT2D eigenvalue weighted by atomic mass is 10.3. The number of rotatable bonds is 4. The van der Waals surface area contributed by atoms with E-state index in [1.54, 1.807) is 0 Å². The molecule has 1 heterocycles. The Morgan fingerprint density at radius 3 is 2.81 bits per heavy atom. The van der Waals surface area contributed by atoms with Crippen LogP contribution in [0.1, 0.15) is 10.5 Å². The van der Waals surface area contributed by atoms with E-state index in [9.17, 15) is 14.4 Å². The van der Waals surface area contributed by atoms with Gasteiger partial charge in [-0.2, -0.15) is 0 Å². The molecule has 0 saturated heterocycles. The average Bonchev–Trinajstić information content (AvgIpc) is 2.24. The van der Waals surface area contributed by atoms with E-state index in [1.807, 2.05) is 0 Å². The Bertz CT molecular complexity index is 440. The average molecular weight is 225 g/mol. The molecule has 0 aliphatic heterocycles. The molecule has 2 amide bonds. The summed E-state index contributed by atoms with van der Waals surface area (Å²) in [7, 11) is 0. The molecule has 0 spiro atoms. The fourth-order valence-corrected chi connectivity index (χ4v) is 0.992. The number of pyridine rings is 1. The second-order valence-electron chi connectivity index (χ2n) is 2.85. The Morgan fingerprint density at radius 1 is 1.44 bits per heavy atom. The molecule has 0 unspecified atom stereocenters. The number of hydrogen-bond donors (Lipinski definition) is 3. The topological polar surface area (TPSA) is 114 Å². The summed E-state index contributed by atoms with van der Waals surface area (Å²) in [5.41, 5.74) is 4.50. The first-order chi connectivity index (χ1) is 7.59. The Hall–Kier alpha value is -2.31. The van der Waals surface area contributed by atoms with Gasteiger partial charge in [-0.1, -0.05) is 6.07 Å². The van der Waals surface area contributed by atoms with Crippen LogP contribution < -0.4 is 16.6 Å². The molecule has 0 bridgehead atoms. The molecule has 0 radical (unpaired) electrons. The van der Waals surface area contributed by atoms with Crippen LogP contribution in [0.4, 0.5) is 4.79 Å². The van der Waals surface area contributed by atoms with Gasteiger partial charge in [0.05, 0.1) is 6.54 Å². The van der Waals surface area contributed by atoms with Gasteiger partial charge in [-0.25, -0.2) is 4.79 Å². The third-order valence-electron chi connectivity index (χ3n) is 1.64. The predicted molar refractivity (Wildman–Crippen MR) is 54.9 cm³/mol. The maximum Gasteiger partial charge on any atom is 0.404 e. The van der Waals surface area contributed by atoms with Gasteiger partial charge in [-0.15, -0.1) is 0 Å². The lowest BCUT2D eigenvalue weighted by Gasteiger charge is -2.04. The van der Waals surface area contributed by atoms with Crippen molar-refractivity contribution in [3.05, 3.63) is 34.2 Å². The molecule has 0 fully saturated rings. The van der Waals surface area contributed by atoms with E-state index in [4.69, 9.17) is 5.73 Å². The Kier molecular flexibility index (Phi) is 4.07.